The standard InChI is InChI=1S/C28H27N5O3/c1-3-35-28(34)26-31-22-7-5-4-6-21(22)27(32-26)33-12-13-36-25-11-9-18(14-20(25)16-33)19-8-10-23-24(15-19)30-17(2)29-23/h4-11,14-15,17,29-30H,3,12-13,16H2,1-2H3. The Hall–Kier alpha value is -4.33. The van der Waals surface area contributed by atoms with Crippen molar-refractivity contribution in [1.82, 2.24) is 9.97 Å². The number of rotatable bonds is 4. The molecule has 1 atom stereocenters. The monoisotopic (exact) mass is 481 g/mol. The van der Waals surface area contributed by atoms with E-state index in [4.69, 9.17) is 9.47 Å². The van der Waals surface area contributed by atoms with Gasteiger partial charge in [0.15, 0.2) is 0 Å². The van der Waals surface area contributed by atoms with Gasteiger partial charge in [-0.05, 0) is 61.4 Å². The predicted octanol–water partition coefficient (Wildman–Crippen LogP) is 5.06. The van der Waals surface area contributed by atoms with Crippen LogP contribution in [0.1, 0.15) is 30.0 Å². The first-order chi connectivity index (χ1) is 17.6. The van der Waals surface area contributed by atoms with Crippen molar-refractivity contribution >= 4 is 34.1 Å². The first kappa shape index (κ1) is 22.2. The molecule has 36 heavy (non-hydrogen) atoms. The normalized spacial score (nSPS) is 16.3. The summed E-state index contributed by atoms with van der Waals surface area (Å²) in [7, 11) is 0. The minimum absolute atomic E-state index is 0.0677. The maximum absolute atomic E-state index is 12.5. The molecule has 0 saturated heterocycles. The van der Waals surface area contributed by atoms with Crippen LogP contribution in [0.15, 0.2) is 60.7 Å². The number of aromatic nitrogens is 2. The first-order valence-corrected chi connectivity index (χ1v) is 12.2. The molecule has 1 unspecified atom stereocenters. The van der Waals surface area contributed by atoms with E-state index < -0.39 is 5.97 Å². The molecule has 8 nitrogen and oxygen atoms in total. The lowest BCUT2D eigenvalue weighted by molar-refractivity contribution is 0.0512. The van der Waals surface area contributed by atoms with E-state index in [1.807, 2.05) is 30.3 Å². The molecule has 0 fully saturated rings. The van der Waals surface area contributed by atoms with Crippen LogP contribution in [0.2, 0.25) is 0 Å². The van der Waals surface area contributed by atoms with Gasteiger partial charge in [0, 0.05) is 17.5 Å². The molecule has 3 aromatic carbocycles. The number of para-hydroxylation sites is 1. The summed E-state index contributed by atoms with van der Waals surface area (Å²) in [6, 6.07) is 20.5. The Bertz CT molecular complexity index is 1470. The fourth-order valence-electron chi connectivity index (χ4n) is 4.81. The minimum Gasteiger partial charge on any atom is -0.491 e. The van der Waals surface area contributed by atoms with Crippen molar-refractivity contribution < 1.29 is 14.3 Å². The van der Waals surface area contributed by atoms with Crippen LogP contribution in [0.25, 0.3) is 22.0 Å². The van der Waals surface area contributed by atoms with E-state index >= 15 is 0 Å². The Balaban J connectivity index is 1.38. The highest BCUT2D eigenvalue weighted by molar-refractivity contribution is 5.94. The second kappa shape index (κ2) is 9.03. The molecule has 0 saturated carbocycles. The number of nitrogens with one attached hydrogen (secondary N) is 2. The molecule has 2 aliphatic rings. The van der Waals surface area contributed by atoms with E-state index in [1.165, 1.54) is 0 Å². The topological polar surface area (TPSA) is 88.6 Å². The van der Waals surface area contributed by atoms with Gasteiger partial charge < -0.3 is 25.0 Å². The van der Waals surface area contributed by atoms with E-state index in [2.05, 4.69) is 62.8 Å². The highest BCUT2D eigenvalue weighted by Gasteiger charge is 2.23. The molecule has 6 rings (SSSR count). The largest absolute Gasteiger partial charge is 0.491 e. The van der Waals surface area contributed by atoms with Crippen molar-refractivity contribution in [3.8, 4) is 16.9 Å². The fraction of sp³-hybridized carbons (Fsp3) is 0.250. The minimum atomic E-state index is -0.521. The van der Waals surface area contributed by atoms with Gasteiger partial charge in [0.1, 0.15) is 18.2 Å². The van der Waals surface area contributed by atoms with Crippen LogP contribution in [-0.4, -0.2) is 41.9 Å². The summed E-state index contributed by atoms with van der Waals surface area (Å²) in [4.78, 5) is 23.7. The highest BCUT2D eigenvalue weighted by atomic mass is 16.5. The summed E-state index contributed by atoms with van der Waals surface area (Å²) in [5, 5.41) is 7.75. The molecule has 0 bridgehead atoms. The summed E-state index contributed by atoms with van der Waals surface area (Å²) < 4.78 is 11.3. The zero-order chi connectivity index (χ0) is 24.6. The summed E-state index contributed by atoms with van der Waals surface area (Å²) >= 11 is 0. The summed E-state index contributed by atoms with van der Waals surface area (Å²) in [5.74, 6) is 1.11. The number of benzene rings is 3. The summed E-state index contributed by atoms with van der Waals surface area (Å²) in [6.45, 7) is 5.86. The third kappa shape index (κ3) is 4.04. The van der Waals surface area contributed by atoms with Gasteiger partial charge in [-0.2, -0.15) is 0 Å². The number of carbonyl (C=O) groups excluding carboxylic acids is 1. The number of hydrogen-bond donors (Lipinski definition) is 2. The van der Waals surface area contributed by atoms with E-state index in [9.17, 15) is 4.79 Å². The molecule has 0 aliphatic carbocycles. The smallest absolute Gasteiger partial charge is 0.376 e. The number of anilines is 3. The fourth-order valence-corrected chi connectivity index (χ4v) is 4.81. The SMILES string of the molecule is CCOC(=O)c1nc(N2CCOc3ccc(-c4ccc5c(c4)NC(C)N5)cc3C2)c2ccccc2n1. The number of fused-ring (bicyclic) bond motifs is 3. The average Bonchev–Trinajstić information content (AvgIpc) is 3.13. The van der Waals surface area contributed by atoms with Gasteiger partial charge in [-0.25, -0.2) is 14.8 Å². The Kier molecular flexibility index (Phi) is 5.56. The number of carbonyl (C=O) groups is 1. The zero-order valence-electron chi connectivity index (χ0n) is 20.2. The van der Waals surface area contributed by atoms with E-state index in [1.54, 1.807) is 6.92 Å². The number of esters is 1. The molecule has 0 amide bonds. The third-order valence-corrected chi connectivity index (χ3v) is 6.48. The number of hydrogen-bond acceptors (Lipinski definition) is 8. The van der Waals surface area contributed by atoms with Gasteiger partial charge >= 0.3 is 5.97 Å². The van der Waals surface area contributed by atoms with Crippen LogP contribution >= 0.6 is 0 Å². The van der Waals surface area contributed by atoms with Crippen LogP contribution in [-0.2, 0) is 11.3 Å². The predicted molar refractivity (Wildman–Crippen MR) is 141 cm³/mol. The van der Waals surface area contributed by atoms with Gasteiger partial charge in [0.05, 0.1) is 36.2 Å². The third-order valence-electron chi connectivity index (χ3n) is 6.48. The Morgan fingerprint density at radius 2 is 1.86 bits per heavy atom. The van der Waals surface area contributed by atoms with Crippen molar-refractivity contribution in [2.75, 3.05) is 35.3 Å². The van der Waals surface area contributed by atoms with Crippen molar-refractivity contribution in [3.05, 3.63) is 72.1 Å². The molecular weight excluding hydrogens is 454 g/mol. The van der Waals surface area contributed by atoms with E-state index in [0.717, 1.165) is 39.2 Å². The maximum Gasteiger partial charge on any atom is 0.376 e. The second-order valence-corrected chi connectivity index (χ2v) is 8.97. The molecule has 1 aromatic heterocycles. The summed E-state index contributed by atoms with van der Waals surface area (Å²) in [5.41, 5.74) is 6.23. The Labute approximate surface area is 209 Å². The average molecular weight is 482 g/mol. The first-order valence-electron chi connectivity index (χ1n) is 12.2. The van der Waals surface area contributed by atoms with E-state index in [0.29, 0.717) is 31.0 Å². The quantitative estimate of drug-likeness (QED) is 0.391. The molecule has 0 spiro atoms. The molecule has 3 heterocycles. The van der Waals surface area contributed by atoms with Gasteiger partial charge in [0.25, 0.3) is 0 Å². The lowest BCUT2D eigenvalue weighted by atomic mass is 10.0. The zero-order valence-corrected chi connectivity index (χ0v) is 20.2. The highest BCUT2D eigenvalue weighted by Crippen LogP contribution is 2.36. The van der Waals surface area contributed by atoms with E-state index in [-0.39, 0.29) is 18.6 Å². The molecule has 0 radical (unpaired) electrons. The lowest BCUT2D eigenvalue weighted by Crippen LogP contribution is -2.27. The number of nitrogens with zero attached hydrogens (tertiary/aromatic N) is 3. The molecular formula is C28H27N5O3. The molecule has 2 aliphatic heterocycles. The van der Waals surface area contributed by atoms with Gasteiger partial charge in [-0.3, -0.25) is 0 Å². The van der Waals surface area contributed by atoms with Gasteiger partial charge in [-0.15, -0.1) is 0 Å². The van der Waals surface area contributed by atoms with Gasteiger partial charge in [0.2, 0.25) is 5.82 Å². The van der Waals surface area contributed by atoms with Crippen LogP contribution in [0.5, 0.6) is 5.75 Å². The van der Waals surface area contributed by atoms with Crippen LogP contribution in [0.3, 0.4) is 0 Å². The van der Waals surface area contributed by atoms with Crippen LogP contribution in [0.4, 0.5) is 17.2 Å². The van der Waals surface area contributed by atoms with Crippen molar-refractivity contribution in [3.63, 3.8) is 0 Å². The Morgan fingerprint density at radius 3 is 2.75 bits per heavy atom. The van der Waals surface area contributed by atoms with Crippen molar-refractivity contribution in [2.45, 2.75) is 26.6 Å². The van der Waals surface area contributed by atoms with Crippen LogP contribution < -0.4 is 20.3 Å². The molecule has 2 N–H and O–H groups in total. The van der Waals surface area contributed by atoms with Gasteiger partial charge in [-0.1, -0.05) is 24.3 Å². The van der Waals surface area contributed by atoms with Crippen molar-refractivity contribution in [2.24, 2.45) is 0 Å². The lowest BCUT2D eigenvalue weighted by Gasteiger charge is -2.23. The Morgan fingerprint density at radius 1 is 1.06 bits per heavy atom. The van der Waals surface area contributed by atoms with Crippen molar-refractivity contribution in [1.29, 1.82) is 0 Å². The molecule has 182 valence electrons. The maximum atomic E-state index is 12.5. The van der Waals surface area contributed by atoms with Crippen LogP contribution in [0, 0.1) is 0 Å². The second-order valence-electron chi connectivity index (χ2n) is 8.97. The summed E-state index contributed by atoms with van der Waals surface area (Å²) in [6.07, 6.45) is 0.214. The molecule has 4 aromatic rings. The number of ether oxygens (including phenoxy) is 2. The molecule has 8 heteroatoms.